The number of carbonyl (C=O) groups is 1. The van der Waals surface area contributed by atoms with Crippen molar-refractivity contribution in [3.63, 3.8) is 0 Å². The van der Waals surface area contributed by atoms with Crippen molar-refractivity contribution in [3.8, 4) is 5.75 Å². The van der Waals surface area contributed by atoms with Crippen LogP contribution in [-0.2, 0) is 14.8 Å². The molecule has 2 aromatic rings. The molecule has 1 aromatic heterocycles. The zero-order chi connectivity index (χ0) is 22.3. The first-order chi connectivity index (χ1) is 15.5. The Morgan fingerprint density at radius 2 is 1.94 bits per heavy atom. The molecule has 4 heterocycles. The second kappa shape index (κ2) is 8.19. The standard InChI is InChI=1S/C22H24N4O5S/c27-14-18(15-4-5-20-19(9-15)23-7-8-31-20)22(28)25-10-16(11-25)17-12-26(13-17)32(29,30)21-3-1-2-6-24-21/h1-6,9,18,23,27H,7-8,10-14H2. The monoisotopic (exact) mass is 456 g/mol. The molecule has 2 fully saturated rings. The molecule has 0 radical (unpaired) electrons. The van der Waals surface area contributed by atoms with Gasteiger partial charge >= 0.3 is 0 Å². The third-order valence-corrected chi connectivity index (χ3v) is 7.82. The minimum Gasteiger partial charge on any atom is -0.490 e. The van der Waals surface area contributed by atoms with Gasteiger partial charge < -0.3 is 20.1 Å². The fraction of sp³-hybridized carbons (Fsp3) is 0.364. The molecule has 0 aliphatic carbocycles. The molecule has 2 saturated heterocycles. The summed E-state index contributed by atoms with van der Waals surface area (Å²) in [7, 11) is -3.59. The number of carbonyl (C=O) groups excluding carboxylic acids is 1. The van der Waals surface area contributed by atoms with Crippen LogP contribution in [0, 0.1) is 0 Å². The fourth-order valence-electron chi connectivity index (χ4n) is 4.12. The molecule has 1 amide bonds. The number of likely N-dealkylation sites (tertiary alicyclic amines) is 1. The number of anilines is 1. The van der Waals surface area contributed by atoms with Crippen LogP contribution in [0.3, 0.4) is 0 Å². The Hall–Kier alpha value is -2.95. The van der Waals surface area contributed by atoms with Crippen LogP contribution in [-0.4, -0.2) is 79.6 Å². The largest absolute Gasteiger partial charge is 0.490 e. The second-order valence-corrected chi connectivity index (χ2v) is 9.99. The predicted molar refractivity (Wildman–Crippen MR) is 117 cm³/mol. The SMILES string of the molecule is O=C(C(CO)c1ccc2c(c1)NCCO2)N1CC(=C2CN(S(=O)(=O)c3ccccn3)C2)C1. The summed E-state index contributed by atoms with van der Waals surface area (Å²) in [6.45, 7) is 2.61. The summed E-state index contributed by atoms with van der Waals surface area (Å²) in [5.74, 6) is -0.0286. The summed E-state index contributed by atoms with van der Waals surface area (Å²) in [6.07, 6.45) is 1.46. The first-order valence-corrected chi connectivity index (χ1v) is 11.9. The average Bonchev–Trinajstić information content (AvgIpc) is 2.75. The van der Waals surface area contributed by atoms with Crippen LogP contribution < -0.4 is 10.1 Å². The number of pyridine rings is 1. The number of benzene rings is 1. The highest BCUT2D eigenvalue weighted by atomic mass is 32.2. The van der Waals surface area contributed by atoms with Gasteiger partial charge in [0.1, 0.15) is 12.4 Å². The van der Waals surface area contributed by atoms with E-state index in [4.69, 9.17) is 4.74 Å². The van der Waals surface area contributed by atoms with Crippen LogP contribution in [0.25, 0.3) is 0 Å². The molecular formula is C22H24N4O5S. The molecular weight excluding hydrogens is 432 g/mol. The smallest absolute Gasteiger partial charge is 0.261 e. The van der Waals surface area contributed by atoms with Crippen molar-refractivity contribution in [2.45, 2.75) is 10.9 Å². The molecule has 2 N–H and O–H groups in total. The van der Waals surface area contributed by atoms with Gasteiger partial charge in [-0.3, -0.25) is 4.79 Å². The second-order valence-electron chi connectivity index (χ2n) is 8.11. The number of amides is 1. The molecule has 1 unspecified atom stereocenters. The number of aliphatic hydroxyl groups is 1. The predicted octanol–water partition coefficient (Wildman–Crippen LogP) is 0.805. The summed E-state index contributed by atoms with van der Waals surface area (Å²) >= 11 is 0. The van der Waals surface area contributed by atoms with E-state index in [2.05, 4.69) is 10.3 Å². The van der Waals surface area contributed by atoms with Crippen LogP contribution >= 0.6 is 0 Å². The Balaban J connectivity index is 1.22. The van der Waals surface area contributed by atoms with Gasteiger partial charge in [-0.15, -0.1) is 0 Å². The van der Waals surface area contributed by atoms with Crippen molar-refractivity contribution < 1.29 is 23.1 Å². The Labute approximate surface area is 186 Å². The van der Waals surface area contributed by atoms with Crippen LogP contribution in [0.1, 0.15) is 11.5 Å². The highest BCUT2D eigenvalue weighted by Crippen LogP contribution is 2.34. The van der Waals surface area contributed by atoms with E-state index in [0.29, 0.717) is 39.3 Å². The Kier molecular flexibility index (Phi) is 5.36. The first-order valence-electron chi connectivity index (χ1n) is 10.5. The van der Waals surface area contributed by atoms with Crippen molar-refractivity contribution in [2.24, 2.45) is 0 Å². The summed E-state index contributed by atoms with van der Waals surface area (Å²) < 4.78 is 32.1. The summed E-state index contributed by atoms with van der Waals surface area (Å²) in [5, 5.41) is 13.2. The lowest BCUT2D eigenvalue weighted by Crippen LogP contribution is -2.52. The maximum atomic E-state index is 13.0. The zero-order valence-electron chi connectivity index (χ0n) is 17.4. The van der Waals surface area contributed by atoms with Gasteiger partial charge in [0.2, 0.25) is 5.91 Å². The number of sulfonamides is 1. The molecule has 3 aliphatic rings. The number of aromatic nitrogens is 1. The van der Waals surface area contributed by atoms with Crippen LogP contribution in [0.4, 0.5) is 5.69 Å². The van der Waals surface area contributed by atoms with E-state index in [0.717, 1.165) is 28.1 Å². The molecule has 0 spiro atoms. The minimum atomic E-state index is -3.59. The lowest BCUT2D eigenvalue weighted by Gasteiger charge is -2.42. The van der Waals surface area contributed by atoms with Gasteiger partial charge in [-0.2, -0.15) is 4.31 Å². The molecule has 5 rings (SSSR count). The normalized spacial score (nSPS) is 19.2. The van der Waals surface area contributed by atoms with E-state index in [9.17, 15) is 18.3 Å². The number of nitrogens with one attached hydrogen (secondary N) is 1. The number of hydrogen-bond acceptors (Lipinski definition) is 7. The third kappa shape index (κ3) is 3.64. The Morgan fingerprint density at radius 3 is 2.66 bits per heavy atom. The highest BCUT2D eigenvalue weighted by molar-refractivity contribution is 7.89. The molecule has 9 nitrogen and oxygen atoms in total. The Bertz CT molecular complexity index is 1170. The van der Waals surface area contributed by atoms with Crippen LogP contribution in [0.15, 0.2) is 58.8 Å². The van der Waals surface area contributed by atoms with Gasteiger partial charge in [0.25, 0.3) is 10.0 Å². The lowest BCUT2D eigenvalue weighted by molar-refractivity contribution is -0.135. The maximum absolute atomic E-state index is 13.0. The average molecular weight is 457 g/mol. The van der Waals surface area contributed by atoms with E-state index in [1.165, 1.54) is 16.6 Å². The minimum absolute atomic E-state index is 0.0465. The van der Waals surface area contributed by atoms with Gasteiger partial charge in [0, 0.05) is 38.9 Å². The number of rotatable bonds is 5. The lowest BCUT2D eigenvalue weighted by atomic mass is 9.92. The molecule has 168 valence electrons. The van der Waals surface area contributed by atoms with Crippen molar-refractivity contribution in [2.75, 3.05) is 51.3 Å². The summed E-state index contributed by atoms with van der Waals surface area (Å²) in [5.41, 5.74) is 3.70. The van der Waals surface area contributed by atoms with E-state index < -0.39 is 15.9 Å². The number of hydrogen-bond donors (Lipinski definition) is 2. The van der Waals surface area contributed by atoms with E-state index in [1.54, 1.807) is 17.0 Å². The van der Waals surface area contributed by atoms with Gasteiger partial charge in [0.05, 0.1) is 18.2 Å². The van der Waals surface area contributed by atoms with E-state index in [1.807, 2.05) is 18.2 Å². The van der Waals surface area contributed by atoms with E-state index >= 15 is 0 Å². The summed E-state index contributed by atoms with van der Waals surface area (Å²) in [4.78, 5) is 18.6. The van der Waals surface area contributed by atoms with Crippen LogP contribution in [0.5, 0.6) is 5.75 Å². The number of ether oxygens (including phenoxy) is 1. The number of nitrogens with zero attached hydrogens (tertiary/aromatic N) is 3. The third-order valence-electron chi connectivity index (χ3n) is 6.11. The first kappa shape index (κ1) is 20.9. The highest BCUT2D eigenvalue weighted by Gasteiger charge is 2.39. The molecule has 0 bridgehead atoms. The van der Waals surface area contributed by atoms with Crippen molar-refractivity contribution >= 4 is 21.6 Å². The molecule has 0 saturated carbocycles. The molecule has 1 aromatic carbocycles. The van der Waals surface area contributed by atoms with Crippen LogP contribution in [0.2, 0.25) is 0 Å². The number of fused-ring (bicyclic) bond motifs is 1. The Morgan fingerprint density at radius 1 is 1.16 bits per heavy atom. The van der Waals surface area contributed by atoms with Gasteiger partial charge in [-0.25, -0.2) is 13.4 Å². The van der Waals surface area contributed by atoms with Crippen molar-refractivity contribution in [1.82, 2.24) is 14.2 Å². The molecule has 3 aliphatic heterocycles. The molecule has 32 heavy (non-hydrogen) atoms. The van der Waals surface area contributed by atoms with Crippen molar-refractivity contribution in [1.29, 1.82) is 0 Å². The maximum Gasteiger partial charge on any atom is 0.261 e. The number of aliphatic hydroxyl groups excluding tert-OH is 1. The van der Waals surface area contributed by atoms with Crippen molar-refractivity contribution in [3.05, 3.63) is 59.3 Å². The zero-order valence-corrected chi connectivity index (χ0v) is 18.2. The molecule has 1 atom stereocenters. The van der Waals surface area contributed by atoms with Gasteiger partial charge in [0.15, 0.2) is 5.03 Å². The topological polar surface area (TPSA) is 112 Å². The molecule has 10 heteroatoms. The van der Waals surface area contributed by atoms with Gasteiger partial charge in [-0.1, -0.05) is 12.1 Å². The fourth-order valence-corrected chi connectivity index (χ4v) is 5.48. The van der Waals surface area contributed by atoms with E-state index in [-0.39, 0.29) is 17.5 Å². The summed E-state index contributed by atoms with van der Waals surface area (Å²) in [6, 6.07) is 10.3. The quantitative estimate of drug-likeness (QED) is 0.640. The van der Waals surface area contributed by atoms with Gasteiger partial charge in [-0.05, 0) is 41.0 Å².